The maximum Gasteiger partial charge on any atom is 0.231 e. The molecule has 3 heterocycles. The molecule has 1 saturated heterocycles. The normalized spacial score (nSPS) is 15.8. The molecule has 1 fully saturated rings. The summed E-state index contributed by atoms with van der Waals surface area (Å²) in [4.78, 5) is 26.6. The van der Waals surface area contributed by atoms with E-state index in [1.54, 1.807) is 14.2 Å². The van der Waals surface area contributed by atoms with Crippen molar-refractivity contribution >= 4 is 46.2 Å². The fourth-order valence-electron chi connectivity index (χ4n) is 5.84. The lowest BCUT2D eigenvalue weighted by Gasteiger charge is -2.29. The second kappa shape index (κ2) is 13.3. The summed E-state index contributed by atoms with van der Waals surface area (Å²) in [6, 6.07) is 21.8. The molecule has 2 aliphatic rings. The molecule has 3 aromatic carbocycles. The summed E-state index contributed by atoms with van der Waals surface area (Å²) < 4.78 is 16.7. The van der Waals surface area contributed by atoms with Crippen LogP contribution in [-0.4, -0.2) is 62.9 Å². The standard InChI is InChI=1S/C34H39N7O4/c1-22-20-41(21-24-9-12-26(43-3)13-10-24)33-31(22)32(36-28-8-6-5-7-27(28)35-23(2)42)38-34(39-33)37-29-14-11-25(19-30(29)44-4)40-15-17-45-18-16-40/h5-14,19,22H,15-18,20-21H2,1-4H3,(H,35,42)(H2,36,37,38,39). The van der Waals surface area contributed by atoms with Gasteiger partial charge in [-0.15, -0.1) is 0 Å². The fraction of sp³-hybridized carbons (Fsp3) is 0.324. The van der Waals surface area contributed by atoms with Crippen molar-refractivity contribution in [3.8, 4) is 11.5 Å². The summed E-state index contributed by atoms with van der Waals surface area (Å²) in [6.45, 7) is 8.22. The van der Waals surface area contributed by atoms with E-state index in [2.05, 4.69) is 50.9 Å². The van der Waals surface area contributed by atoms with E-state index in [9.17, 15) is 4.79 Å². The Balaban J connectivity index is 1.37. The molecule has 11 nitrogen and oxygen atoms in total. The topological polar surface area (TPSA) is 113 Å². The fourth-order valence-corrected chi connectivity index (χ4v) is 5.84. The highest BCUT2D eigenvalue weighted by Gasteiger charge is 2.32. The molecule has 45 heavy (non-hydrogen) atoms. The van der Waals surface area contributed by atoms with Crippen molar-refractivity contribution in [2.45, 2.75) is 26.3 Å². The van der Waals surface area contributed by atoms with E-state index < -0.39 is 0 Å². The molecule has 6 rings (SSSR count). The summed E-state index contributed by atoms with van der Waals surface area (Å²) in [7, 11) is 3.33. The first kappa shape index (κ1) is 30.0. The van der Waals surface area contributed by atoms with E-state index in [4.69, 9.17) is 24.2 Å². The first-order chi connectivity index (χ1) is 21.9. The third-order valence-corrected chi connectivity index (χ3v) is 8.04. The molecular formula is C34H39N7O4. The molecule has 4 aromatic rings. The molecule has 1 unspecified atom stereocenters. The van der Waals surface area contributed by atoms with Crippen LogP contribution in [0.25, 0.3) is 0 Å². The van der Waals surface area contributed by atoms with Crippen LogP contribution in [0.1, 0.15) is 30.9 Å². The molecule has 1 aromatic heterocycles. The molecule has 0 saturated carbocycles. The number of ether oxygens (including phenoxy) is 3. The van der Waals surface area contributed by atoms with Gasteiger partial charge in [0.25, 0.3) is 0 Å². The number of benzene rings is 3. The van der Waals surface area contributed by atoms with Crippen LogP contribution in [0.15, 0.2) is 66.7 Å². The molecule has 1 amide bonds. The van der Waals surface area contributed by atoms with Gasteiger partial charge >= 0.3 is 0 Å². The summed E-state index contributed by atoms with van der Waals surface area (Å²) in [6.07, 6.45) is 0. The molecule has 3 N–H and O–H groups in total. The number of amides is 1. The van der Waals surface area contributed by atoms with Gasteiger partial charge in [0.1, 0.15) is 23.1 Å². The van der Waals surface area contributed by atoms with E-state index in [0.29, 0.717) is 43.0 Å². The lowest BCUT2D eigenvalue weighted by Crippen LogP contribution is -2.36. The maximum atomic E-state index is 11.9. The van der Waals surface area contributed by atoms with Crippen molar-refractivity contribution in [3.05, 3.63) is 77.9 Å². The third-order valence-electron chi connectivity index (χ3n) is 8.04. The van der Waals surface area contributed by atoms with Gasteiger partial charge in [-0.3, -0.25) is 4.79 Å². The van der Waals surface area contributed by atoms with E-state index in [0.717, 1.165) is 59.4 Å². The smallest absolute Gasteiger partial charge is 0.231 e. The van der Waals surface area contributed by atoms with Crippen LogP contribution in [0, 0.1) is 0 Å². The largest absolute Gasteiger partial charge is 0.497 e. The first-order valence-electron chi connectivity index (χ1n) is 15.1. The highest BCUT2D eigenvalue weighted by Crippen LogP contribution is 2.43. The molecule has 0 radical (unpaired) electrons. The number of para-hydroxylation sites is 2. The van der Waals surface area contributed by atoms with Gasteiger partial charge in [0.05, 0.1) is 44.5 Å². The molecule has 0 bridgehead atoms. The number of anilines is 7. The van der Waals surface area contributed by atoms with Gasteiger partial charge in [0.2, 0.25) is 11.9 Å². The highest BCUT2D eigenvalue weighted by molar-refractivity contribution is 5.93. The Kier molecular flexibility index (Phi) is 8.88. The van der Waals surface area contributed by atoms with Crippen molar-refractivity contribution in [1.29, 1.82) is 0 Å². The number of nitrogens with zero attached hydrogens (tertiary/aromatic N) is 4. The average Bonchev–Trinajstić information content (AvgIpc) is 3.37. The summed E-state index contributed by atoms with van der Waals surface area (Å²) in [5.41, 5.74) is 5.41. The first-order valence-corrected chi connectivity index (χ1v) is 15.1. The highest BCUT2D eigenvalue weighted by atomic mass is 16.5. The van der Waals surface area contributed by atoms with Crippen LogP contribution < -0.4 is 35.2 Å². The predicted octanol–water partition coefficient (Wildman–Crippen LogP) is 5.90. The molecule has 0 spiro atoms. The lowest BCUT2D eigenvalue weighted by atomic mass is 10.1. The Hall–Kier alpha value is -5.03. The number of carbonyl (C=O) groups excluding carboxylic acids is 1. The van der Waals surface area contributed by atoms with Crippen LogP contribution in [-0.2, 0) is 16.1 Å². The number of nitrogens with one attached hydrogen (secondary N) is 3. The lowest BCUT2D eigenvalue weighted by molar-refractivity contribution is -0.114. The second-order valence-corrected chi connectivity index (χ2v) is 11.2. The minimum absolute atomic E-state index is 0.147. The number of morpholine rings is 1. The minimum atomic E-state index is -0.147. The Bertz CT molecular complexity index is 1660. The summed E-state index contributed by atoms with van der Waals surface area (Å²) in [5.74, 6) is 3.47. The minimum Gasteiger partial charge on any atom is -0.497 e. The van der Waals surface area contributed by atoms with Crippen LogP contribution in [0.3, 0.4) is 0 Å². The van der Waals surface area contributed by atoms with Crippen LogP contribution in [0.4, 0.5) is 40.3 Å². The SMILES string of the molecule is COc1ccc(CN2CC(C)c3c(Nc4ccccc4NC(C)=O)nc(Nc4ccc(N5CCOCC5)cc4OC)nc32)cc1. The van der Waals surface area contributed by atoms with Crippen molar-refractivity contribution in [2.75, 3.05) is 72.8 Å². The molecule has 234 valence electrons. The monoisotopic (exact) mass is 609 g/mol. The Labute approximate surface area is 263 Å². The van der Waals surface area contributed by atoms with E-state index >= 15 is 0 Å². The van der Waals surface area contributed by atoms with Crippen molar-refractivity contribution in [1.82, 2.24) is 9.97 Å². The summed E-state index contributed by atoms with van der Waals surface area (Å²) >= 11 is 0. The molecule has 1 atom stereocenters. The van der Waals surface area contributed by atoms with Gasteiger partial charge in [0, 0.05) is 56.3 Å². The summed E-state index contributed by atoms with van der Waals surface area (Å²) in [5, 5.41) is 9.86. The van der Waals surface area contributed by atoms with Crippen LogP contribution in [0.5, 0.6) is 11.5 Å². The zero-order chi connectivity index (χ0) is 31.3. The Morgan fingerprint density at radius 1 is 0.933 bits per heavy atom. The molecule has 0 aliphatic carbocycles. The van der Waals surface area contributed by atoms with Gasteiger partial charge in [-0.2, -0.15) is 9.97 Å². The van der Waals surface area contributed by atoms with E-state index in [-0.39, 0.29) is 11.8 Å². The average molecular weight is 610 g/mol. The number of methoxy groups -OCH3 is 2. The number of hydrogen-bond acceptors (Lipinski definition) is 10. The number of fused-ring (bicyclic) bond motifs is 1. The van der Waals surface area contributed by atoms with Crippen molar-refractivity contribution in [2.24, 2.45) is 0 Å². The number of carbonyl (C=O) groups is 1. The number of rotatable bonds is 10. The predicted molar refractivity (Wildman–Crippen MR) is 178 cm³/mol. The van der Waals surface area contributed by atoms with E-state index in [1.807, 2.05) is 48.5 Å². The Morgan fingerprint density at radius 2 is 1.69 bits per heavy atom. The number of aromatic nitrogens is 2. The third kappa shape index (κ3) is 6.73. The van der Waals surface area contributed by atoms with Crippen molar-refractivity contribution < 1.29 is 19.0 Å². The zero-order valence-corrected chi connectivity index (χ0v) is 26.1. The second-order valence-electron chi connectivity index (χ2n) is 11.2. The Morgan fingerprint density at radius 3 is 2.40 bits per heavy atom. The number of hydrogen-bond donors (Lipinski definition) is 3. The van der Waals surface area contributed by atoms with Gasteiger partial charge < -0.3 is 40.0 Å². The molecule has 2 aliphatic heterocycles. The van der Waals surface area contributed by atoms with Gasteiger partial charge in [0.15, 0.2) is 0 Å². The van der Waals surface area contributed by atoms with Gasteiger partial charge in [-0.25, -0.2) is 0 Å². The van der Waals surface area contributed by atoms with E-state index in [1.165, 1.54) is 6.92 Å². The zero-order valence-electron chi connectivity index (χ0n) is 26.1. The quantitative estimate of drug-likeness (QED) is 0.201. The molecular weight excluding hydrogens is 570 g/mol. The molecule has 11 heteroatoms. The van der Waals surface area contributed by atoms with Crippen molar-refractivity contribution in [3.63, 3.8) is 0 Å². The van der Waals surface area contributed by atoms with Gasteiger partial charge in [-0.1, -0.05) is 31.2 Å². The maximum absolute atomic E-state index is 11.9. The van der Waals surface area contributed by atoms with Crippen LogP contribution in [0.2, 0.25) is 0 Å². The van der Waals surface area contributed by atoms with Crippen LogP contribution >= 0.6 is 0 Å². The van der Waals surface area contributed by atoms with Gasteiger partial charge in [-0.05, 0) is 42.0 Å².